The van der Waals surface area contributed by atoms with Crippen LogP contribution in [0.4, 0.5) is 0 Å². The number of carbonyl (C=O) groups excluding carboxylic acids is 1. The van der Waals surface area contributed by atoms with Gasteiger partial charge in [-0.2, -0.15) is 0 Å². The fourth-order valence-electron chi connectivity index (χ4n) is 1.83. The molecular weight excluding hydrogens is 214 g/mol. The number of nitrogens with zero attached hydrogens (tertiary/aromatic N) is 2. The van der Waals surface area contributed by atoms with Crippen LogP contribution >= 0.6 is 0 Å². The Hall–Kier alpha value is -1.42. The van der Waals surface area contributed by atoms with Gasteiger partial charge in [0.1, 0.15) is 0 Å². The molecule has 1 aliphatic rings. The molecule has 4 nitrogen and oxygen atoms in total. The second-order valence-electron chi connectivity index (χ2n) is 4.39. The summed E-state index contributed by atoms with van der Waals surface area (Å²) in [6.07, 6.45) is 5.86. The third-order valence-electron chi connectivity index (χ3n) is 2.91. The molecule has 1 aromatic rings. The van der Waals surface area contributed by atoms with E-state index in [9.17, 15) is 4.79 Å². The largest absolute Gasteiger partial charge is 0.334 e. The van der Waals surface area contributed by atoms with Gasteiger partial charge in [-0.1, -0.05) is 13.0 Å². The number of aromatic nitrogens is 1. The lowest BCUT2D eigenvalue weighted by molar-refractivity contribution is -0.131. The first-order valence-electron chi connectivity index (χ1n) is 6.20. The molecule has 0 unspecified atom stereocenters. The molecule has 1 aliphatic carbocycles. The molecular formula is C13H19N3O. The van der Waals surface area contributed by atoms with Gasteiger partial charge in [-0.15, -0.1) is 0 Å². The van der Waals surface area contributed by atoms with Gasteiger partial charge in [-0.3, -0.25) is 9.78 Å². The molecule has 1 fully saturated rings. The van der Waals surface area contributed by atoms with E-state index in [1.165, 1.54) is 0 Å². The highest BCUT2D eigenvalue weighted by atomic mass is 16.2. The zero-order valence-corrected chi connectivity index (χ0v) is 10.2. The van der Waals surface area contributed by atoms with Crippen molar-refractivity contribution in [2.45, 2.75) is 32.4 Å². The normalized spacial score (nSPS) is 14.6. The first kappa shape index (κ1) is 12.0. The monoisotopic (exact) mass is 233 g/mol. The van der Waals surface area contributed by atoms with E-state index in [1.807, 2.05) is 30.2 Å². The third-order valence-corrected chi connectivity index (χ3v) is 2.91. The van der Waals surface area contributed by atoms with Crippen LogP contribution in [-0.2, 0) is 11.3 Å². The minimum Gasteiger partial charge on any atom is -0.334 e. The Bertz CT molecular complexity index is 362. The standard InChI is InChI=1S/C13H19N3O/c1-2-14-9-13(17)16(12-5-6-12)10-11-4-3-7-15-8-11/h3-4,7-8,12,14H,2,5-6,9-10H2,1H3. The summed E-state index contributed by atoms with van der Waals surface area (Å²) in [7, 11) is 0. The van der Waals surface area contributed by atoms with Gasteiger partial charge >= 0.3 is 0 Å². The van der Waals surface area contributed by atoms with Crippen molar-refractivity contribution in [2.75, 3.05) is 13.1 Å². The molecule has 1 saturated carbocycles. The van der Waals surface area contributed by atoms with Crippen molar-refractivity contribution in [1.82, 2.24) is 15.2 Å². The Morgan fingerprint density at radius 1 is 1.59 bits per heavy atom. The molecule has 17 heavy (non-hydrogen) atoms. The lowest BCUT2D eigenvalue weighted by Gasteiger charge is -2.22. The van der Waals surface area contributed by atoms with Crippen LogP contribution in [0.2, 0.25) is 0 Å². The van der Waals surface area contributed by atoms with Crippen LogP contribution in [0, 0.1) is 0 Å². The van der Waals surface area contributed by atoms with E-state index in [4.69, 9.17) is 0 Å². The minimum absolute atomic E-state index is 0.193. The fraction of sp³-hybridized carbons (Fsp3) is 0.538. The molecule has 0 aliphatic heterocycles. The average Bonchev–Trinajstić information content (AvgIpc) is 3.18. The molecule has 0 aromatic carbocycles. The minimum atomic E-state index is 0.193. The quantitative estimate of drug-likeness (QED) is 0.802. The Kier molecular flexibility index (Phi) is 4.09. The smallest absolute Gasteiger partial charge is 0.237 e. The zero-order chi connectivity index (χ0) is 12.1. The van der Waals surface area contributed by atoms with Crippen molar-refractivity contribution in [2.24, 2.45) is 0 Å². The van der Waals surface area contributed by atoms with Gasteiger partial charge in [0.15, 0.2) is 0 Å². The summed E-state index contributed by atoms with van der Waals surface area (Å²) in [4.78, 5) is 18.1. The number of amides is 1. The van der Waals surface area contributed by atoms with Crippen molar-refractivity contribution >= 4 is 5.91 Å². The van der Waals surface area contributed by atoms with Gasteiger partial charge in [0.2, 0.25) is 5.91 Å². The third kappa shape index (κ3) is 3.53. The van der Waals surface area contributed by atoms with E-state index in [1.54, 1.807) is 6.20 Å². The molecule has 4 heteroatoms. The SMILES string of the molecule is CCNCC(=O)N(Cc1cccnc1)C1CC1. The lowest BCUT2D eigenvalue weighted by Crippen LogP contribution is -2.39. The van der Waals surface area contributed by atoms with Crippen molar-refractivity contribution < 1.29 is 4.79 Å². The summed E-state index contributed by atoms with van der Waals surface area (Å²) in [5, 5.41) is 3.09. The van der Waals surface area contributed by atoms with Crippen LogP contribution < -0.4 is 5.32 Å². The summed E-state index contributed by atoms with van der Waals surface area (Å²) >= 11 is 0. The Balaban J connectivity index is 1.95. The van der Waals surface area contributed by atoms with Crippen molar-refractivity contribution in [3.63, 3.8) is 0 Å². The van der Waals surface area contributed by atoms with Crippen molar-refractivity contribution in [3.8, 4) is 0 Å². The first-order valence-corrected chi connectivity index (χ1v) is 6.20. The van der Waals surface area contributed by atoms with E-state index < -0.39 is 0 Å². The molecule has 1 amide bonds. The van der Waals surface area contributed by atoms with Gasteiger partial charge < -0.3 is 10.2 Å². The predicted molar refractivity (Wildman–Crippen MR) is 66.4 cm³/mol. The van der Waals surface area contributed by atoms with Gasteiger partial charge in [-0.05, 0) is 31.0 Å². The molecule has 1 aromatic heterocycles. The molecule has 1 N–H and O–H groups in total. The van der Waals surface area contributed by atoms with Crippen LogP contribution in [-0.4, -0.2) is 34.9 Å². The van der Waals surface area contributed by atoms with Crippen molar-refractivity contribution in [1.29, 1.82) is 0 Å². The highest BCUT2D eigenvalue weighted by Crippen LogP contribution is 2.28. The van der Waals surface area contributed by atoms with Gasteiger partial charge in [0.05, 0.1) is 6.54 Å². The predicted octanol–water partition coefficient (Wildman–Crippen LogP) is 1.18. The highest BCUT2D eigenvalue weighted by molar-refractivity contribution is 5.78. The number of rotatable bonds is 6. The molecule has 0 atom stereocenters. The molecule has 1 heterocycles. The van der Waals surface area contributed by atoms with Gasteiger partial charge in [-0.25, -0.2) is 0 Å². The number of likely N-dealkylation sites (N-methyl/N-ethyl adjacent to an activating group) is 1. The molecule has 0 bridgehead atoms. The Morgan fingerprint density at radius 2 is 2.41 bits per heavy atom. The maximum absolute atomic E-state index is 12.0. The van der Waals surface area contributed by atoms with E-state index in [0.29, 0.717) is 19.1 Å². The molecule has 2 rings (SSSR count). The Morgan fingerprint density at radius 3 is 3.00 bits per heavy atom. The molecule has 92 valence electrons. The van der Waals surface area contributed by atoms with Crippen LogP contribution in [0.1, 0.15) is 25.3 Å². The first-order chi connectivity index (χ1) is 8.31. The molecule has 0 spiro atoms. The maximum Gasteiger partial charge on any atom is 0.237 e. The maximum atomic E-state index is 12.0. The topological polar surface area (TPSA) is 45.2 Å². The van der Waals surface area contributed by atoms with Gasteiger partial charge in [0, 0.05) is 25.0 Å². The summed E-state index contributed by atoms with van der Waals surface area (Å²) in [6.45, 7) is 3.96. The number of nitrogens with one attached hydrogen (secondary N) is 1. The average molecular weight is 233 g/mol. The van der Waals surface area contributed by atoms with Crippen LogP contribution in [0.15, 0.2) is 24.5 Å². The van der Waals surface area contributed by atoms with Crippen LogP contribution in [0.25, 0.3) is 0 Å². The van der Waals surface area contributed by atoms with Crippen molar-refractivity contribution in [3.05, 3.63) is 30.1 Å². The van der Waals surface area contributed by atoms with E-state index >= 15 is 0 Å². The highest BCUT2D eigenvalue weighted by Gasteiger charge is 2.32. The van der Waals surface area contributed by atoms with E-state index in [0.717, 1.165) is 24.9 Å². The van der Waals surface area contributed by atoms with Crippen LogP contribution in [0.5, 0.6) is 0 Å². The number of pyridine rings is 1. The fourth-order valence-corrected chi connectivity index (χ4v) is 1.83. The molecule has 0 saturated heterocycles. The second-order valence-corrected chi connectivity index (χ2v) is 4.39. The summed E-state index contributed by atoms with van der Waals surface area (Å²) in [5.74, 6) is 0.193. The van der Waals surface area contributed by atoms with Gasteiger partial charge in [0.25, 0.3) is 0 Å². The summed E-state index contributed by atoms with van der Waals surface area (Å²) in [5.41, 5.74) is 1.10. The number of hydrogen-bond donors (Lipinski definition) is 1. The summed E-state index contributed by atoms with van der Waals surface area (Å²) in [6, 6.07) is 4.37. The number of carbonyl (C=O) groups is 1. The zero-order valence-electron chi connectivity index (χ0n) is 10.2. The lowest BCUT2D eigenvalue weighted by atomic mass is 10.2. The summed E-state index contributed by atoms with van der Waals surface area (Å²) < 4.78 is 0. The molecule has 0 radical (unpaired) electrons. The van der Waals surface area contributed by atoms with Crippen LogP contribution in [0.3, 0.4) is 0 Å². The van der Waals surface area contributed by atoms with E-state index in [-0.39, 0.29) is 5.91 Å². The Labute approximate surface area is 102 Å². The van der Waals surface area contributed by atoms with E-state index in [2.05, 4.69) is 10.3 Å². The number of hydrogen-bond acceptors (Lipinski definition) is 3. The second kappa shape index (κ2) is 5.77.